The number of aliphatic hydroxyl groups is 1. The van der Waals surface area contributed by atoms with Crippen molar-refractivity contribution in [3.05, 3.63) is 0 Å². The smallest absolute Gasteiger partial charge is 0.0577 e. The van der Waals surface area contributed by atoms with Gasteiger partial charge in [-0.3, -0.25) is 0 Å². The minimum Gasteiger partial charge on any atom is -0.393 e. The molecule has 0 amide bonds. The van der Waals surface area contributed by atoms with Gasteiger partial charge in [0.15, 0.2) is 0 Å². The average molecular weight is 489 g/mol. The molecule has 35 heavy (non-hydrogen) atoms. The molecule has 0 aromatic carbocycles. The van der Waals surface area contributed by atoms with Crippen molar-refractivity contribution in [3.8, 4) is 0 Å². The number of fused-ring (bicyclic) bond motifs is 5. The first kappa shape index (κ1) is 27.9. The van der Waals surface area contributed by atoms with Crippen LogP contribution in [0.1, 0.15) is 125 Å². The Hall–Kier alpha value is -0.120. The molecule has 4 N–H and O–H groups in total. The average Bonchev–Trinajstić information content (AvgIpc) is 3.16. The number of nitrogens with two attached hydrogens (primary N) is 1. The third kappa shape index (κ3) is 5.68. The second-order valence-electron chi connectivity index (χ2n) is 14.6. The zero-order valence-electron chi connectivity index (χ0n) is 24.0. The van der Waals surface area contributed by atoms with Gasteiger partial charge < -0.3 is 16.2 Å². The van der Waals surface area contributed by atoms with Crippen molar-refractivity contribution >= 4 is 0 Å². The lowest BCUT2D eigenvalue weighted by Crippen LogP contribution is -2.59. The number of rotatable bonds is 11. The Morgan fingerprint density at radius 2 is 1.60 bits per heavy atom. The molecule has 0 heterocycles. The fraction of sp³-hybridized carbons (Fsp3) is 1.00. The largest absolute Gasteiger partial charge is 0.393 e. The predicted octanol–water partition coefficient (Wildman–Crippen LogP) is 7.17. The Morgan fingerprint density at radius 1 is 0.857 bits per heavy atom. The van der Waals surface area contributed by atoms with Crippen LogP contribution in [0.2, 0.25) is 0 Å². The molecule has 0 radical (unpaired) electrons. The van der Waals surface area contributed by atoms with E-state index < -0.39 is 0 Å². The Balaban J connectivity index is 1.38. The van der Waals surface area contributed by atoms with Crippen LogP contribution in [0, 0.1) is 52.3 Å². The van der Waals surface area contributed by atoms with Crippen LogP contribution in [-0.2, 0) is 0 Å². The summed E-state index contributed by atoms with van der Waals surface area (Å²) >= 11 is 0. The van der Waals surface area contributed by atoms with Crippen LogP contribution in [0.3, 0.4) is 0 Å². The summed E-state index contributed by atoms with van der Waals surface area (Å²) in [5, 5.41) is 15.6. The van der Waals surface area contributed by atoms with Gasteiger partial charge in [-0.2, -0.15) is 0 Å². The first-order chi connectivity index (χ1) is 16.7. The Kier molecular flexibility index (Phi) is 9.35. The monoisotopic (exact) mass is 488 g/mol. The van der Waals surface area contributed by atoms with E-state index >= 15 is 0 Å². The predicted molar refractivity (Wildman–Crippen MR) is 149 cm³/mol. The van der Waals surface area contributed by atoms with E-state index in [1.165, 1.54) is 77.0 Å². The number of hydrogen-bond donors (Lipinski definition) is 3. The standard InChI is InChI=1S/C32H60N2O/c1-22(2)10-9-11-23(3)26-12-13-27-30-28(15-17-32(26,27)5)31(4)16-14-25(20-24(31)21-29(30)35)34-19-8-6-7-18-33/h22-30,34-35H,6-21,33H2,1-5H3/t23-,24-,25+,26-,27?,28?,29-,30?,31+,32-/m1/s1. The molecular formula is C32H60N2O. The van der Waals surface area contributed by atoms with Gasteiger partial charge in [0, 0.05) is 6.04 Å². The Bertz CT molecular complexity index is 666. The van der Waals surface area contributed by atoms with E-state index in [0.717, 1.165) is 55.5 Å². The van der Waals surface area contributed by atoms with Crippen molar-refractivity contribution in [2.24, 2.45) is 58.0 Å². The fourth-order valence-electron chi connectivity index (χ4n) is 10.2. The lowest BCUT2D eigenvalue weighted by atomic mass is 9.43. The molecule has 0 saturated heterocycles. The van der Waals surface area contributed by atoms with Crippen molar-refractivity contribution in [2.75, 3.05) is 13.1 Å². The molecule has 4 fully saturated rings. The maximum Gasteiger partial charge on any atom is 0.0577 e. The highest BCUT2D eigenvalue weighted by atomic mass is 16.3. The molecule has 4 rings (SSSR count). The molecule has 0 aromatic rings. The zero-order valence-corrected chi connectivity index (χ0v) is 24.0. The van der Waals surface area contributed by atoms with E-state index in [1.807, 2.05) is 0 Å². The van der Waals surface area contributed by atoms with E-state index in [0.29, 0.717) is 28.7 Å². The SMILES string of the molecule is CC(C)CCC[C@@H](C)[C@H]1CCC2C3C(CC[C@@]21C)[C@@]1(C)CC[C@H](NCCCCCN)C[C@@H]1C[C@H]3O. The summed E-state index contributed by atoms with van der Waals surface area (Å²) in [6.45, 7) is 14.5. The molecule has 0 spiro atoms. The van der Waals surface area contributed by atoms with Gasteiger partial charge in [0.1, 0.15) is 0 Å². The van der Waals surface area contributed by atoms with Crippen molar-refractivity contribution < 1.29 is 5.11 Å². The van der Waals surface area contributed by atoms with Crippen LogP contribution in [-0.4, -0.2) is 30.3 Å². The number of nitrogens with one attached hydrogen (secondary N) is 1. The summed E-state index contributed by atoms with van der Waals surface area (Å²) in [5.74, 6) is 5.30. The lowest BCUT2D eigenvalue weighted by molar-refractivity contribution is -0.167. The third-order valence-electron chi connectivity index (χ3n) is 12.2. The Morgan fingerprint density at radius 3 is 2.34 bits per heavy atom. The summed E-state index contributed by atoms with van der Waals surface area (Å²) in [4.78, 5) is 0. The van der Waals surface area contributed by atoms with Crippen LogP contribution in [0.5, 0.6) is 0 Å². The van der Waals surface area contributed by atoms with Crippen molar-refractivity contribution in [1.29, 1.82) is 0 Å². The highest BCUT2D eigenvalue weighted by Crippen LogP contribution is 2.68. The molecule has 204 valence electrons. The van der Waals surface area contributed by atoms with Crippen molar-refractivity contribution in [3.63, 3.8) is 0 Å². The van der Waals surface area contributed by atoms with Crippen molar-refractivity contribution in [2.45, 2.75) is 137 Å². The molecule has 3 unspecified atom stereocenters. The van der Waals surface area contributed by atoms with E-state index in [-0.39, 0.29) is 6.10 Å². The second kappa shape index (κ2) is 11.7. The Labute approximate surface area is 218 Å². The third-order valence-corrected chi connectivity index (χ3v) is 12.2. The van der Waals surface area contributed by atoms with Gasteiger partial charge in [-0.25, -0.2) is 0 Å². The first-order valence-corrected chi connectivity index (χ1v) is 15.8. The molecule has 3 nitrogen and oxygen atoms in total. The normalized spacial score (nSPS) is 44.1. The van der Waals surface area contributed by atoms with Gasteiger partial charge >= 0.3 is 0 Å². The fourth-order valence-corrected chi connectivity index (χ4v) is 10.2. The number of unbranched alkanes of at least 4 members (excludes halogenated alkanes) is 2. The van der Waals surface area contributed by atoms with Crippen LogP contribution < -0.4 is 11.1 Å². The molecule has 4 aliphatic carbocycles. The van der Waals surface area contributed by atoms with Gasteiger partial charge in [0.2, 0.25) is 0 Å². The molecule has 0 aromatic heterocycles. The number of aliphatic hydroxyl groups excluding tert-OH is 1. The molecule has 10 atom stereocenters. The quantitative estimate of drug-likeness (QED) is 0.270. The first-order valence-electron chi connectivity index (χ1n) is 15.8. The topological polar surface area (TPSA) is 58.3 Å². The van der Waals surface area contributed by atoms with E-state index in [2.05, 4.69) is 39.9 Å². The summed E-state index contributed by atoms with van der Waals surface area (Å²) in [6, 6.07) is 0.658. The van der Waals surface area contributed by atoms with Crippen LogP contribution in [0.4, 0.5) is 0 Å². The van der Waals surface area contributed by atoms with Gasteiger partial charge in [-0.15, -0.1) is 0 Å². The summed E-state index contributed by atoms with van der Waals surface area (Å²) in [6.07, 6.45) is 18.4. The van der Waals surface area contributed by atoms with Gasteiger partial charge in [0.25, 0.3) is 0 Å². The van der Waals surface area contributed by atoms with Gasteiger partial charge in [0.05, 0.1) is 6.10 Å². The van der Waals surface area contributed by atoms with Crippen molar-refractivity contribution in [1.82, 2.24) is 5.32 Å². The minimum absolute atomic E-state index is 0.0685. The molecule has 0 aliphatic heterocycles. The summed E-state index contributed by atoms with van der Waals surface area (Å²) < 4.78 is 0. The summed E-state index contributed by atoms with van der Waals surface area (Å²) in [7, 11) is 0. The second-order valence-corrected chi connectivity index (χ2v) is 14.6. The molecule has 4 saturated carbocycles. The van der Waals surface area contributed by atoms with Gasteiger partial charge in [-0.1, -0.05) is 60.3 Å². The van der Waals surface area contributed by atoms with E-state index in [1.54, 1.807) is 0 Å². The highest BCUT2D eigenvalue weighted by Gasteiger charge is 2.62. The maximum absolute atomic E-state index is 11.7. The minimum atomic E-state index is -0.0685. The summed E-state index contributed by atoms with van der Waals surface area (Å²) in [5.41, 5.74) is 6.57. The van der Waals surface area contributed by atoms with E-state index in [9.17, 15) is 5.11 Å². The van der Waals surface area contributed by atoms with Crippen LogP contribution in [0.15, 0.2) is 0 Å². The highest BCUT2D eigenvalue weighted by molar-refractivity contribution is 5.12. The van der Waals surface area contributed by atoms with E-state index in [4.69, 9.17) is 5.73 Å². The lowest BCUT2D eigenvalue weighted by Gasteiger charge is -2.62. The number of hydrogen-bond acceptors (Lipinski definition) is 3. The molecule has 0 bridgehead atoms. The molecule has 4 aliphatic rings. The maximum atomic E-state index is 11.7. The van der Waals surface area contributed by atoms with Crippen LogP contribution >= 0.6 is 0 Å². The molecule has 3 heteroatoms. The van der Waals surface area contributed by atoms with Gasteiger partial charge in [-0.05, 0) is 130 Å². The zero-order chi connectivity index (χ0) is 25.2. The van der Waals surface area contributed by atoms with Crippen LogP contribution in [0.25, 0.3) is 0 Å². The molecular weight excluding hydrogens is 428 g/mol.